The van der Waals surface area contributed by atoms with Crippen LogP contribution >= 0.6 is 23.2 Å². The summed E-state index contributed by atoms with van der Waals surface area (Å²) in [5.74, 6) is 0. The molecule has 17 heavy (non-hydrogen) atoms. The molecule has 5 heteroatoms. The van der Waals surface area contributed by atoms with E-state index in [1.54, 1.807) is 18.3 Å². The average Bonchev–Trinajstić information content (AvgIpc) is 2.36. The molecule has 2 aromatic rings. The molecule has 0 bridgehead atoms. The SMILES string of the molecule is OC(Cc1cccc(Cl)c1Cl)c1cnccn1. The van der Waals surface area contributed by atoms with Gasteiger partial charge in [-0.2, -0.15) is 0 Å². The third-order valence-electron chi connectivity index (χ3n) is 2.37. The first-order valence-electron chi connectivity index (χ1n) is 5.05. The fourth-order valence-electron chi connectivity index (χ4n) is 1.50. The summed E-state index contributed by atoms with van der Waals surface area (Å²) in [6.07, 6.45) is 4.25. The lowest BCUT2D eigenvalue weighted by atomic mass is 10.1. The Kier molecular flexibility index (Phi) is 3.94. The lowest BCUT2D eigenvalue weighted by molar-refractivity contribution is 0.173. The second-order valence-corrected chi connectivity index (χ2v) is 4.35. The van der Waals surface area contributed by atoms with Gasteiger partial charge in [0.1, 0.15) is 6.10 Å². The first kappa shape index (κ1) is 12.3. The lowest BCUT2D eigenvalue weighted by Gasteiger charge is -2.11. The second-order valence-electron chi connectivity index (χ2n) is 3.56. The molecule has 0 saturated heterocycles. The van der Waals surface area contributed by atoms with E-state index in [9.17, 15) is 5.11 Å². The van der Waals surface area contributed by atoms with Crippen LogP contribution in [0.4, 0.5) is 0 Å². The molecule has 1 aromatic carbocycles. The van der Waals surface area contributed by atoms with Gasteiger partial charge in [0.2, 0.25) is 0 Å². The molecule has 0 aliphatic carbocycles. The number of benzene rings is 1. The van der Waals surface area contributed by atoms with E-state index < -0.39 is 6.10 Å². The molecule has 3 nitrogen and oxygen atoms in total. The monoisotopic (exact) mass is 268 g/mol. The number of nitrogens with zero attached hydrogens (tertiary/aromatic N) is 2. The molecule has 0 amide bonds. The van der Waals surface area contributed by atoms with Crippen LogP contribution in [0.3, 0.4) is 0 Å². The maximum absolute atomic E-state index is 9.99. The van der Waals surface area contributed by atoms with E-state index in [0.29, 0.717) is 22.2 Å². The van der Waals surface area contributed by atoms with Crippen LogP contribution in [0.2, 0.25) is 10.0 Å². The Morgan fingerprint density at radius 1 is 1.24 bits per heavy atom. The average molecular weight is 269 g/mol. The number of aliphatic hydroxyl groups excluding tert-OH is 1. The van der Waals surface area contributed by atoms with Crippen molar-refractivity contribution in [2.75, 3.05) is 0 Å². The van der Waals surface area contributed by atoms with Gasteiger partial charge in [-0.3, -0.25) is 9.97 Å². The quantitative estimate of drug-likeness (QED) is 0.931. The van der Waals surface area contributed by atoms with Crippen LogP contribution in [0.15, 0.2) is 36.8 Å². The highest BCUT2D eigenvalue weighted by atomic mass is 35.5. The predicted octanol–water partition coefficient (Wildman–Crippen LogP) is 3.06. The van der Waals surface area contributed by atoms with Crippen molar-refractivity contribution in [3.8, 4) is 0 Å². The molecule has 1 aromatic heterocycles. The molecular weight excluding hydrogens is 259 g/mol. The molecule has 0 aliphatic heterocycles. The summed E-state index contributed by atoms with van der Waals surface area (Å²) in [6, 6.07) is 5.34. The molecule has 1 N–H and O–H groups in total. The Balaban J connectivity index is 2.19. The zero-order valence-electron chi connectivity index (χ0n) is 8.85. The van der Waals surface area contributed by atoms with E-state index in [4.69, 9.17) is 23.2 Å². The fourth-order valence-corrected chi connectivity index (χ4v) is 1.90. The Morgan fingerprint density at radius 3 is 2.76 bits per heavy atom. The first-order chi connectivity index (χ1) is 8.18. The van der Waals surface area contributed by atoms with Crippen LogP contribution in [-0.4, -0.2) is 15.1 Å². The molecule has 0 saturated carbocycles. The van der Waals surface area contributed by atoms with Crippen molar-refractivity contribution in [3.05, 3.63) is 58.1 Å². The van der Waals surface area contributed by atoms with Crippen LogP contribution in [0.5, 0.6) is 0 Å². The molecule has 0 fully saturated rings. The zero-order chi connectivity index (χ0) is 12.3. The van der Waals surface area contributed by atoms with Crippen molar-refractivity contribution in [3.63, 3.8) is 0 Å². The molecule has 0 aliphatic rings. The Hall–Kier alpha value is -1.16. The Labute approximate surface area is 109 Å². The Bertz CT molecular complexity index is 505. The van der Waals surface area contributed by atoms with Gasteiger partial charge in [0.05, 0.1) is 21.9 Å². The van der Waals surface area contributed by atoms with Crippen LogP contribution in [-0.2, 0) is 6.42 Å². The summed E-state index contributed by atoms with van der Waals surface area (Å²) >= 11 is 11.9. The van der Waals surface area contributed by atoms with Crippen LogP contribution in [0.1, 0.15) is 17.4 Å². The second kappa shape index (κ2) is 5.45. The van der Waals surface area contributed by atoms with Crippen molar-refractivity contribution in [2.45, 2.75) is 12.5 Å². The minimum Gasteiger partial charge on any atom is -0.386 e. The van der Waals surface area contributed by atoms with Gasteiger partial charge >= 0.3 is 0 Å². The molecule has 1 unspecified atom stereocenters. The summed E-state index contributed by atoms with van der Waals surface area (Å²) in [7, 11) is 0. The topological polar surface area (TPSA) is 46.0 Å². The maximum Gasteiger partial charge on any atom is 0.102 e. The van der Waals surface area contributed by atoms with Crippen LogP contribution < -0.4 is 0 Å². The summed E-state index contributed by atoms with van der Waals surface area (Å²) in [6.45, 7) is 0. The third kappa shape index (κ3) is 2.94. The normalized spacial score (nSPS) is 12.4. The summed E-state index contributed by atoms with van der Waals surface area (Å²) in [5.41, 5.74) is 1.31. The Morgan fingerprint density at radius 2 is 2.06 bits per heavy atom. The molecule has 0 spiro atoms. The number of hydrogen-bond donors (Lipinski definition) is 1. The lowest BCUT2D eigenvalue weighted by Crippen LogP contribution is -2.04. The van der Waals surface area contributed by atoms with Gasteiger partial charge in [-0.1, -0.05) is 35.3 Å². The molecule has 88 valence electrons. The van der Waals surface area contributed by atoms with Gasteiger partial charge in [-0.05, 0) is 11.6 Å². The van der Waals surface area contributed by atoms with E-state index in [-0.39, 0.29) is 0 Å². The standard InChI is InChI=1S/C12H10Cl2N2O/c13-9-3-1-2-8(12(9)14)6-11(17)10-7-15-4-5-16-10/h1-5,7,11,17H,6H2. The highest BCUT2D eigenvalue weighted by molar-refractivity contribution is 6.42. The van der Waals surface area contributed by atoms with Gasteiger partial charge < -0.3 is 5.11 Å². The number of rotatable bonds is 3. The number of aromatic nitrogens is 2. The van der Waals surface area contributed by atoms with E-state index in [0.717, 1.165) is 5.56 Å². The number of halogens is 2. The molecule has 1 heterocycles. The van der Waals surface area contributed by atoms with E-state index in [2.05, 4.69) is 9.97 Å². The van der Waals surface area contributed by atoms with E-state index >= 15 is 0 Å². The van der Waals surface area contributed by atoms with Gasteiger partial charge in [-0.25, -0.2) is 0 Å². The largest absolute Gasteiger partial charge is 0.386 e. The minimum atomic E-state index is -0.736. The third-order valence-corrected chi connectivity index (χ3v) is 3.23. The molecule has 2 rings (SSSR count). The van der Waals surface area contributed by atoms with Crippen LogP contribution in [0.25, 0.3) is 0 Å². The zero-order valence-corrected chi connectivity index (χ0v) is 10.4. The van der Waals surface area contributed by atoms with Gasteiger partial charge in [0.15, 0.2) is 0 Å². The number of aliphatic hydroxyl groups is 1. The minimum absolute atomic E-state index is 0.359. The van der Waals surface area contributed by atoms with Crippen molar-refractivity contribution in [1.29, 1.82) is 0 Å². The smallest absolute Gasteiger partial charge is 0.102 e. The maximum atomic E-state index is 9.99. The summed E-state index contributed by atoms with van der Waals surface area (Å²) < 4.78 is 0. The number of hydrogen-bond acceptors (Lipinski definition) is 3. The van der Waals surface area contributed by atoms with Gasteiger partial charge in [-0.15, -0.1) is 0 Å². The van der Waals surface area contributed by atoms with Crippen molar-refractivity contribution in [1.82, 2.24) is 9.97 Å². The van der Waals surface area contributed by atoms with Gasteiger partial charge in [0.25, 0.3) is 0 Å². The predicted molar refractivity (Wildman–Crippen MR) is 67.2 cm³/mol. The fraction of sp³-hybridized carbons (Fsp3) is 0.167. The van der Waals surface area contributed by atoms with Crippen molar-refractivity contribution in [2.24, 2.45) is 0 Å². The van der Waals surface area contributed by atoms with E-state index in [1.807, 2.05) is 6.07 Å². The van der Waals surface area contributed by atoms with E-state index in [1.165, 1.54) is 12.4 Å². The highest BCUT2D eigenvalue weighted by Gasteiger charge is 2.13. The van der Waals surface area contributed by atoms with Gasteiger partial charge in [0, 0.05) is 18.8 Å². The van der Waals surface area contributed by atoms with Crippen molar-refractivity contribution >= 4 is 23.2 Å². The summed E-state index contributed by atoms with van der Waals surface area (Å²) in [5, 5.41) is 10.9. The molecule has 0 radical (unpaired) electrons. The van der Waals surface area contributed by atoms with Crippen LogP contribution in [0, 0.1) is 0 Å². The molecular formula is C12H10Cl2N2O. The van der Waals surface area contributed by atoms with Crippen molar-refractivity contribution < 1.29 is 5.11 Å². The first-order valence-corrected chi connectivity index (χ1v) is 5.81. The molecule has 1 atom stereocenters. The highest BCUT2D eigenvalue weighted by Crippen LogP contribution is 2.28. The summed E-state index contributed by atoms with van der Waals surface area (Å²) in [4.78, 5) is 7.94.